The Bertz CT molecular complexity index is 692. The number of hydrogen-bond donors (Lipinski definition) is 1. The fourth-order valence-corrected chi connectivity index (χ4v) is 3.03. The van der Waals surface area contributed by atoms with Gasteiger partial charge in [0, 0.05) is 29.9 Å². The first-order valence-electron chi connectivity index (χ1n) is 6.31. The van der Waals surface area contributed by atoms with Crippen LogP contribution in [0, 0.1) is 5.82 Å². The van der Waals surface area contributed by atoms with Gasteiger partial charge in [0.05, 0.1) is 9.99 Å². The standard InChI is InChI=1S/C14H12BrFN2O2/c15-9-6-8-11(7-10(9)16)17-4-3-12(8)18-5-1-2-13(18)14(19)20/h3-4,6-7,13H,1-2,5H2,(H,19,20). The molecule has 1 unspecified atom stereocenters. The van der Waals surface area contributed by atoms with Gasteiger partial charge in [0.2, 0.25) is 0 Å². The van der Waals surface area contributed by atoms with E-state index < -0.39 is 12.0 Å². The van der Waals surface area contributed by atoms with Crippen LogP contribution < -0.4 is 4.90 Å². The van der Waals surface area contributed by atoms with E-state index in [1.165, 1.54) is 6.07 Å². The maximum absolute atomic E-state index is 13.6. The summed E-state index contributed by atoms with van der Waals surface area (Å²) in [4.78, 5) is 17.3. The molecule has 0 radical (unpaired) electrons. The molecule has 0 saturated carbocycles. The predicted octanol–water partition coefficient (Wildman–Crippen LogP) is 3.19. The van der Waals surface area contributed by atoms with Crippen LogP contribution in [0.25, 0.3) is 10.9 Å². The number of carboxylic acids is 1. The average Bonchev–Trinajstić information content (AvgIpc) is 2.88. The summed E-state index contributed by atoms with van der Waals surface area (Å²) in [6.45, 7) is 0.686. The maximum Gasteiger partial charge on any atom is 0.326 e. The van der Waals surface area contributed by atoms with E-state index in [0.29, 0.717) is 23.0 Å². The molecule has 0 bridgehead atoms. The van der Waals surface area contributed by atoms with E-state index in [0.717, 1.165) is 17.5 Å². The van der Waals surface area contributed by atoms with Gasteiger partial charge in [-0.05, 0) is 40.9 Å². The molecule has 0 amide bonds. The van der Waals surface area contributed by atoms with E-state index in [1.807, 2.05) is 4.90 Å². The van der Waals surface area contributed by atoms with Crippen molar-refractivity contribution in [2.75, 3.05) is 11.4 Å². The lowest BCUT2D eigenvalue weighted by atomic mass is 10.1. The summed E-state index contributed by atoms with van der Waals surface area (Å²) in [5, 5.41) is 10.0. The number of carboxylic acid groups (broad SMARTS) is 1. The van der Waals surface area contributed by atoms with Crippen molar-refractivity contribution >= 4 is 38.5 Å². The molecule has 1 aliphatic rings. The smallest absolute Gasteiger partial charge is 0.326 e. The normalized spacial score (nSPS) is 18.7. The minimum Gasteiger partial charge on any atom is -0.480 e. The van der Waals surface area contributed by atoms with Crippen molar-refractivity contribution in [3.63, 3.8) is 0 Å². The SMILES string of the molecule is O=C(O)C1CCCN1c1ccnc2cc(F)c(Br)cc12. The van der Waals surface area contributed by atoms with Gasteiger partial charge < -0.3 is 10.0 Å². The first-order chi connectivity index (χ1) is 9.58. The highest BCUT2D eigenvalue weighted by Gasteiger charge is 2.31. The Morgan fingerprint density at radius 3 is 3.05 bits per heavy atom. The van der Waals surface area contributed by atoms with Gasteiger partial charge in [-0.25, -0.2) is 9.18 Å². The van der Waals surface area contributed by atoms with Gasteiger partial charge in [0.25, 0.3) is 0 Å². The van der Waals surface area contributed by atoms with Crippen molar-refractivity contribution in [3.8, 4) is 0 Å². The zero-order valence-electron chi connectivity index (χ0n) is 10.5. The maximum atomic E-state index is 13.6. The third kappa shape index (κ3) is 2.14. The Kier molecular flexibility index (Phi) is 3.33. The average molecular weight is 339 g/mol. The Morgan fingerprint density at radius 1 is 1.50 bits per heavy atom. The van der Waals surface area contributed by atoms with Crippen molar-refractivity contribution in [2.45, 2.75) is 18.9 Å². The molecule has 1 aromatic heterocycles. The second-order valence-corrected chi connectivity index (χ2v) is 5.66. The molecule has 3 rings (SSSR count). The topological polar surface area (TPSA) is 53.4 Å². The third-order valence-corrected chi connectivity index (χ3v) is 4.22. The van der Waals surface area contributed by atoms with E-state index in [9.17, 15) is 14.3 Å². The van der Waals surface area contributed by atoms with Crippen molar-refractivity contribution in [1.29, 1.82) is 0 Å². The quantitative estimate of drug-likeness (QED) is 0.913. The summed E-state index contributed by atoms with van der Waals surface area (Å²) in [6, 6.07) is 4.27. The molecule has 1 aromatic carbocycles. The van der Waals surface area contributed by atoms with E-state index >= 15 is 0 Å². The van der Waals surface area contributed by atoms with Gasteiger partial charge in [-0.15, -0.1) is 0 Å². The van der Waals surface area contributed by atoms with Gasteiger partial charge in [0.1, 0.15) is 11.9 Å². The molecule has 1 N–H and O–H groups in total. The zero-order valence-corrected chi connectivity index (χ0v) is 12.1. The summed E-state index contributed by atoms with van der Waals surface area (Å²) in [6.07, 6.45) is 3.05. The lowest BCUT2D eigenvalue weighted by molar-refractivity contribution is -0.138. The number of aromatic nitrogens is 1. The fraction of sp³-hybridized carbons (Fsp3) is 0.286. The molecule has 20 heavy (non-hydrogen) atoms. The molecule has 2 heterocycles. The van der Waals surface area contributed by atoms with Crippen molar-refractivity contribution < 1.29 is 14.3 Å². The molecule has 1 saturated heterocycles. The highest BCUT2D eigenvalue weighted by atomic mass is 79.9. The summed E-state index contributed by atoms with van der Waals surface area (Å²) in [7, 11) is 0. The summed E-state index contributed by atoms with van der Waals surface area (Å²) >= 11 is 3.17. The molecule has 104 valence electrons. The van der Waals surface area contributed by atoms with Gasteiger partial charge in [-0.3, -0.25) is 4.98 Å². The number of halogens is 2. The largest absolute Gasteiger partial charge is 0.480 e. The van der Waals surface area contributed by atoms with Crippen molar-refractivity contribution in [2.24, 2.45) is 0 Å². The van der Waals surface area contributed by atoms with Crippen LogP contribution in [-0.4, -0.2) is 28.6 Å². The zero-order chi connectivity index (χ0) is 14.3. The molecular weight excluding hydrogens is 327 g/mol. The first-order valence-corrected chi connectivity index (χ1v) is 7.10. The van der Waals surface area contributed by atoms with Crippen LogP contribution in [0.1, 0.15) is 12.8 Å². The Labute approximate surface area is 123 Å². The summed E-state index contributed by atoms with van der Waals surface area (Å²) < 4.78 is 13.9. The number of hydrogen-bond acceptors (Lipinski definition) is 3. The van der Waals surface area contributed by atoms with Crippen LogP contribution in [0.5, 0.6) is 0 Å². The fourth-order valence-electron chi connectivity index (χ4n) is 2.69. The monoisotopic (exact) mass is 338 g/mol. The van der Waals surface area contributed by atoms with Crippen LogP contribution in [0.2, 0.25) is 0 Å². The molecule has 0 aliphatic carbocycles. The lowest BCUT2D eigenvalue weighted by Crippen LogP contribution is -2.36. The number of carbonyl (C=O) groups is 1. The number of fused-ring (bicyclic) bond motifs is 1. The Morgan fingerprint density at radius 2 is 2.30 bits per heavy atom. The summed E-state index contributed by atoms with van der Waals surface area (Å²) in [5.74, 6) is -1.20. The van der Waals surface area contributed by atoms with Gasteiger partial charge in [-0.1, -0.05) is 0 Å². The van der Waals surface area contributed by atoms with E-state index in [1.54, 1.807) is 18.3 Å². The number of pyridine rings is 1. The van der Waals surface area contributed by atoms with Crippen LogP contribution in [0.4, 0.5) is 10.1 Å². The Hall–Kier alpha value is -1.69. The molecule has 1 aliphatic heterocycles. The molecule has 1 fully saturated rings. The number of aliphatic carboxylic acids is 1. The second-order valence-electron chi connectivity index (χ2n) is 4.80. The van der Waals surface area contributed by atoms with E-state index in [2.05, 4.69) is 20.9 Å². The minimum atomic E-state index is -0.825. The van der Waals surface area contributed by atoms with Crippen LogP contribution in [0.3, 0.4) is 0 Å². The van der Waals surface area contributed by atoms with Crippen LogP contribution in [0.15, 0.2) is 28.9 Å². The molecule has 0 spiro atoms. The number of rotatable bonds is 2. The second kappa shape index (κ2) is 5.01. The van der Waals surface area contributed by atoms with E-state index in [4.69, 9.17) is 0 Å². The minimum absolute atomic E-state index is 0.352. The predicted molar refractivity (Wildman–Crippen MR) is 77.4 cm³/mol. The Balaban J connectivity index is 2.16. The van der Waals surface area contributed by atoms with Gasteiger partial charge >= 0.3 is 5.97 Å². The molecule has 6 heteroatoms. The van der Waals surface area contributed by atoms with Gasteiger partial charge in [-0.2, -0.15) is 0 Å². The number of benzene rings is 1. The van der Waals surface area contributed by atoms with Crippen LogP contribution in [-0.2, 0) is 4.79 Å². The molecular formula is C14H12BrFN2O2. The molecule has 4 nitrogen and oxygen atoms in total. The summed E-state index contributed by atoms with van der Waals surface area (Å²) in [5.41, 5.74) is 1.32. The molecule has 2 aromatic rings. The van der Waals surface area contributed by atoms with Crippen molar-refractivity contribution in [1.82, 2.24) is 4.98 Å². The van der Waals surface area contributed by atoms with E-state index in [-0.39, 0.29) is 5.82 Å². The third-order valence-electron chi connectivity index (χ3n) is 3.61. The van der Waals surface area contributed by atoms with Crippen molar-refractivity contribution in [3.05, 3.63) is 34.7 Å². The highest BCUT2D eigenvalue weighted by molar-refractivity contribution is 9.10. The number of nitrogens with zero attached hydrogens (tertiary/aromatic N) is 2. The van der Waals surface area contributed by atoms with Crippen LogP contribution >= 0.6 is 15.9 Å². The highest BCUT2D eigenvalue weighted by Crippen LogP contribution is 2.33. The first kappa shape index (κ1) is 13.3. The number of anilines is 1. The van der Waals surface area contributed by atoms with Gasteiger partial charge in [0.15, 0.2) is 0 Å². The molecule has 1 atom stereocenters. The lowest BCUT2D eigenvalue weighted by Gasteiger charge is -2.25.